The average molecular weight is 295 g/mol. The lowest BCUT2D eigenvalue weighted by molar-refractivity contribution is -0.385. The molecule has 1 aromatic heterocycles. The molecule has 0 aliphatic rings. The molecule has 10 heteroatoms. The molecular weight excluding hydrogens is 286 g/mol. The highest BCUT2D eigenvalue weighted by Crippen LogP contribution is 2.29. The number of anilines is 2. The van der Waals surface area contributed by atoms with Gasteiger partial charge in [0.15, 0.2) is 5.75 Å². The number of carbonyl (C=O) groups is 1. The van der Waals surface area contributed by atoms with Crippen LogP contribution in [0.15, 0.2) is 18.2 Å². The second kappa shape index (κ2) is 5.48. The van der Waals surface area contributed by atoms with E-state index in [1.807, 2.05) is 0 Å². The lowest BCUT2D eigenvalue weighted by atomic mass is 10.2. The van der Waals surface area contributed by atoms with Crippen LogP contribution in [0.3, 0.4) is 0 Å². The molecule has 0 aliphatic carbocycles. The summed E-state index contributed by atoms with van der Waals surface area (Å²) < 4.78 is 4.86. The summed E-state index contributed by atoms with van der Waals surface area (Å²) in [5, 5.41) is 20.7. The minimum absolute atomic E-state index is 0.0703. The Labute approximate surface area is 116 Å². The standard InChI is InChI=1S/C10H9N5O4S/c1-19-7-3-2-5(4-6(7)15(17)18)12-8(16)9-13-14-10(11)20-9/h2-4H,1H3,(H2,11,14)(H,12,16). The molecule has 0 saturated carbocycles. The van der Waals surface area contributed by atoms with Crippen LogP contribution in [0.1, 0.15) is 9.80 Å². The lowest BCUT2D eigenvalue weighted by Gasteiger charge is -2.05. The monoisotopic (exact) mass is 295 g/mol. The van der Waals surface area contributed by atoms with Crippen LogP contribution in [0, 0.1) is 10.1 Å². The van der Waals surface area contributed by atoms with Crippen molar-refractivity contribution >= 4 is 33.8 Å². The quantitative estimate of drug-likeness (QED) is 0.641. The highest BCUT2D eigenvalue weighted by atomic mass is 32.1. The Hall–Kier alpha value is -2.75. The molecule has 0 fully saturated rings. The molecule has 2 rings (SSSR count). The largest absolute Gasteiger partial charge is 0.490 e. The number of ether oxygens (including phenoxy) is 1. The van der Waals surface area contributed by atoms with E-state index < -0.39 is 10.8 Å². The molecule has 0 saturated heterocycles. The molecule has 0 atom stereocenters. The van der Waals surface area contributed by atoms with Crippen LogP contribution in [0.5, 0.6) is 5.75 Å². The van der Waals surface area contributed by atoms with Crippen molar-refractivity contribution in [2.75, 3.05) is 18.2 Å². The third kappa shape index (κ3) is 2.80. The molecule has 2 aromatic rings. The molecule has 1 amide bonds. The number of rotatable bonds is 4. The van der Waals surface area contributed by atoms with Crippen LogP contribution in [-0.4, -0.2) is 28.1 Å². The third-order valence-electron chi connectivity index (χ3n) is 2.27. The second-order valence-electron chi connectivity index (χ2n) is 3.54. The number of nitrogens with one attached hydrogen (secondary N) is 1. The van der Waals surface area contributed by atoms with Crippen molar-refractivity contribution < 1.29 is 14.5 Å². The maximum Gasteiger partial charge on any atom is 0.312 e. The third-order valence-corrected chi connectivity index (χ3v) is 3.02. The van der Waals surface area contributed by atoms with E-state index >= 15 is 0 Å². The summed E-state index contributed by atoms with van der Waals surface area (Å²) in [5.74, 6) is -0.438. The van der Waals surface area contributed by atoms with Gasteiger partial charge < -0.3 is 15.8 Å². The van der Waals surface area contributed by atoms with Crippen molar-refractivity contribution in [1.82, 2.24) is 10.2 Å². The number of carbonyl (C=O) groups excluding carboxylic acids is 1. The van der Waals surface area contributed by atoms with Crippen LogP contribution in [-0.2, 0) is 0 Å². The van der Waals surface area contributed by atoms with E-state index in [9.17, 15) is 14.9 Å². The summed E-state index contributed by atoms with van der Waals surface area (Å²) in [6, 6.07) is 4.07. The summed E-state index contributed by atoms with van der Waals surface area (Å²) >= 11 is 0.918. The molecule has 20 heavy (non-hydrogen) atoms. The number of hydrogen-bond donors (Lipinski definition) is 2. The van der Waals surface area contributed by atoms with Gasteiger partial charge in [0.1, 0.15) is 0 Å². The van der Waals surface area contributed by atoms with Crippen molar-refractivity contribution in [3.05, 3.63) is 33.3 Å². The summed E-state index contributed by atoms with van der Waals surface area (Å²) in [6.45, 7) is 0. The number of hydrogen-bond acceptors (Lipinski definition) is 8. The first-order valence-electron chi connectivity index (χ1n) is 5.24. The Morgan fingerprint density at radius 3 is 2.80 bits per heavy atom. The fraction of sp³-hybridized carbons (Fsp3) is 0.100. The summed E-state index contributed by atoms with van der Waals surface area (Å²) in [5.41, 5.74) is 5.37. The van der Waals surface area contributed by atoms with Gasteiger partial charge in [0.05, 0.1) is 12.0 Å². The fourth-order valence-electron chi connectivity index (χ4n) is 1.42. The Morgan fingerprint density at radius 1 is 1.50 bits per heavy atom. The van der Waals surface area contributed by atoms with Gasteiger partial charge in [0.25, 0.3) is 5.91 Å². The van der Waals surface area contributed by atoms with Crippen molar-refractivity contribution in [3.8, 4) is 5.75 Å². The van der Waals surface area contributed by atoms with Crippen LogP contribution in [0.25, 0.3) is 0 Å². The van der Waals surface area contributed by atoms with Crippen molar-refractivity contribution in [2.45, 2.75) is 0 Å². The van der Waals surface area contributed by atoms with E-state index in [1.54, 1.807) is 0 Å². The molecule has 1 heterocycles. The minimum Gasteiger partial charge on any atom is -0.490 e. The number of nitrogens with zero attached hydrogens (tertiary/aromatic N) is 3. The molecule has 0 radical (unpaired) electrons. The molecule has 0 spiro atoms. The van der Waals surface area contributed by atoms with Crippen molar-refractivity contribution in [3.63, 3.8) is 0 Å². The topological polar surface area (TPSA) is 133 Å². The zero-order chi connectivity index (χ0) is 14.7. The normalized spacial score (nSPS) is 10.1. The molecule has 0 unspecified atom stereocenters. The predicted molar refractivity (Wildman–Crippen MR) is 71.9 cm³/mol. The second-order valence-corrected chi connectivity index (χ2v) is 4.55. The first kappa shape index (κ1) is 13.7. The van der Waals surface area contributed by atoms with E-state index in [4.69, 9.17) is 10.5 Å². The van der Waals surface area contributed by atoms with Crippen LogP contribution >= 0.6 is 11.3 Å². The first-order valence-corrected chi connectivity index (χ1v) is 6.05. The highest BCUT2D eigenvalue weighted by molar-refractivity contribution is 7.16. The van der Waals surface area contributed by atoms with Crippen LogP contribution in [0.2, 0.25) is 0 Å². The van der Waals surface area contributed by atoms with Crippen LogP contribution in [0.4, 0.5) is 16.5 Å². The molecule has 3 N–H and O–H groups in total. The average Bonchev–Trinajstić information content (AvgIpc) is 2.85. The van der Waals surface area contributed by atoms with Gasteiger partial charge in [-0.05, 0) is 12.1 Å². The van der Waals surface area contributed by atoms with Crippen molar-refractivity contribution in [2.24, 2.45) is 0 Å². The van der Waals surface area contributed by atoms with Crippen LogP contribution < -0.4 is 15.8 Å². The molecule has 104 valence electrons. The Balaban J connectivity index is 2.23. The SMILES string of the molecule is COc1ccc(NC(=O)c2nnc(N)s2)cc1[N+](=O)[O-]. The van der Waals surface area contributed by atoms with Gasteiger partial charge in [-0.25, -0.2) is 0 Å². The maximum atomic E-state index is 11.8. The molecule has 1 aromatic carbocycles. The zero-order valence-electron chi connectivity index (χ0n) is 10.2. The van der Waals surface area contributed by atoms with E-state index in [0.717, 1.165) is 11.3 Å². The Morgan fingerprint density at radius 2 is 2.25 bits per heavy atom. The van der Waals surface area contributed by atoms with Gasteiger partial charge in [-0.3, -0.25) is 14.9 Å². The predicted octanol–water partition coefficient (Wildman–Crippen LogP) is 1.29. The van der Waals surface area contributed by atoms with E-state index in [-0.39, 0.29) is 27.3 Å². The number of benzene rings is 1. The lowest BCUT2D eigenvalue weighted by Crippen LogP contribution is -2.11. The number of nitro benzene ring substituents is 1. The maximum absolute atomic E-state index is 11.8. The summed E-state index contributed by atoms with van der Waals surface area (Å²) in [7, 11) is 1.32. The van der Waals surface area contributed by atoms with E-state index in [2.05, 4.69) is 15.5 Å². The molecule has 9 nitrogen and oxygen atoms in total. The van der Waals surface area contributed by atoms with Gasteiger partial charge in [-0.1, -0.05) is 11.3 Å². The smallest absolute Gasteiger partial charge is 0.312 e. The molecule has 0 aliphatic heterocycles. The number of nitrogens with two attached hydrogens (primary N) is 1. The van der Waals surface area contributed by atoms with Gasteiger partial charge in [0.2, 0.25) is 10.1 Å². The molecular formula is C10H9N5O4S. The highest BCUT2D eigenvalue weighted by Gasteiger charge is 2.17. The number of nitrogen functional groups attached to an aromatic ring is 1. The van der Waals surface area contributed by atoms with Gasteiger partial charge in [-0.2, -0.15) is 0 Å². The Bertz CT molecular complexity index is 671. The minimum atomic E-state index is -0.600. The fourth-order valence-corrected chi connectivity index (χ4v) is 1.93. The van der Waals surface area contributed by atoms with Crippen molar-refractivity contribution in [1.29, 1.82) is 0 Å². The zero-order valence-corrected chi connectivity index (χ0v) is 11.0. The molecule has 0 bridgehead atoms. The van der Waals surface area contributed by atoms with Gasteiger partial charge >= 0.3 is 5.69 Å². The van der Waals surface area contributed by atoms with Gasteiger partial charge in [0, 0.05) is 11.8 Å². The summed E-state index contributed by atoms with van der Waals surface area (Å²) in [4.78, 5) is 22.1. The number of methoxy groups -OCH3 is 1. The number of aromatic nitrogens is 2. The number of amides is 1. The Kier molecular flexibility index (Phi) is 3.75. The van der Waals surface area contributed by atoms with E-state index in [1.165, 1.54) is 25.3 Å². The van der Waals surface area contributed by atoms with E-state index in [0.29, 0.717) is 0 Å². The first-order chi connectivity index (χ1) is 9.51. The number of nitro groups is 1. The summed E-state index contributed by atoms with van der Waals surface area (Å²) in [6.07, 6.45) is 0. The van der Waals surface area contributed by atoms with Gasteiger partial charge in [-0.15, -0.1) is 10.2 Å².